The summed E-state index contributed by atoms with van der Waals surface area (Å²) in [6.45, 7) is 15.2. The van der Waals surface area contributed by atoms with Gasteiger partial charge in [-0.1, -0.05) is 53.9 Å². The first-order valence-corrected chi connectivity index (χ1v) is 13.1. The van der Waals surface area contributed by atoms with Crippen molar-refractivity contribution in [2.45, 2.75) is 105 Å². The summed E-state index contributed by atoms with van der Waals surface area (Å²) >= 11 is 0. The Bertz CT molecular complexity index is 1040. The minimum absolute atomic E-state index is 0.0231. The average Bonchev–Trinajstić information content (AvgIpc) is 3.04. The van der Waals surface area contributed by atoms with Gasteiger partial charge in [0.1, 0.15) is 12.1 Å². The van der Waals surface area contributed by atoms with Gasteiger partial charge in [0, 0.05) is 14.8 Å². The van der Waals surface area contributed by atoms with Gasteiger partial charge >= 0.3 is 6.03 Å². The van der Waals surface area contributed by atoms with E-state index in [2.05, 4.69) is 16.0 Å². The zero-order valence-corrected chi connectivity index (χ0v) is 23.4. The largest absolute Gasteiger partial charge is 0.363 e. The number of carbonyl (C=O) groups excluding carboxylic acids is 5. The van der Waals surface area contributed by atoms with Crippen LogP contribution in [0.1, 0.15) is 83.8 Å². The highest BCUT2D eigenvalue weighted by molar-refractivity contribution is 6.37. The number of Topliss-reactive ketones (excluding diaryl/α,β-unsaturated/α-hetero) is 1. The number of carbonyl (C=O) groups is 5. The maximum atomic E-state index is 14.0. The first kappa shape index (κ1) is 26.0. The minimum atomic E-state index is -2.17. The van der Waals surface area contributed by atoms with Gasteiger partial charge in [0.15, 0.2) is 0 Å². The highest BCUT2D eigenvalue weighted by atomic mass is 16.2. The monoisotopic (exact) mass is 521 g/mol. The van der Waals surface area contributed by atoms with Crippen molar-refractivity contribution in [2.24, 2.45) is 34.3 Å². The van der Waals surface area contributed by atoms with E-state index in [0.717, 1.165) is 6.42 Å². The number of ketones is 1. The van der Waals surface area contributed by atoms with E-state index in [9.17, 15) is 24.0 Å². The first-order chi connectivity index (χ1) is 17.6. The molecule has 3 rings (SSSR count). The van der Waals surface area contributed by atoms with Crippen LogP contribution in [-0.4, -0.2) is 64.6 Å². The number of nitrogens with one attached hydrogen (secondary N) is 3. The molecular weight excluding hydrogens is 474 g/mol. The summed E-state index contributed by atoms with van der Waals surface area (Å²) < 4.78 is 17.2. The number of rotatable bonds is 8. The molecule has 10 heteroatoms. The number of nitrogens with zero attached hydrogens (tertiary/aromatic N) is 1. The van der Waals surface area contributed by atoms with Crippen LogP contribution < -0.4 is 21.7 Å². The van der Waals surface area contributed by atoms with Crippen LogP contribution in [0.4, 0.5) is 4.79 Å². The fourth-order valence-corrected chi connectivity index (χ4v) is 5.50. The normalized spacial score (nSPS) is 27.5. The zero-order chi connectivity index (χ0) is 29.9. The van der Waals surface area contributed by atoms with E-state index in [0.29, 0.717) is 12.8 Å². The lowest BCUT2D eigenvalue weighted by Gasteiger charge is -2.38. The molecule has 3 fully saturated rings. The SMILES string of the molecule is [2H]C([2H])(C1CCC1)[C@H](NC(=O)[C@@H]1[C@@H]2[C@H](CN1C(=O)[C@@H](NC(=O)NC(C)(C)C)C(C)(C)C)C2(C)C)C(=O)C(N)=O. The van der Waals surface area contributed by atoms with Crippen LogP contribution in [0, 0.1) is 28.6 Å². The van der Waals surface area contributed by atoms with Crippen LogP contribution in [-0.2, 0) is 19.2 Å². The molecule has 0 aromatic rings. The van der Waals surface area contributed by atoms with Crippen LogP contribution in [0.25, 0.3) is 0 Å². The van der Waals surface area contributed by atoms with E-state index < -0.39 is 70.9 Å². The van der Waals surface area contributed by atoms with E-state index in [-0.39, 0.29) is 23.8 Å². The Kier molecular flexibility index (Phi) is 6.96. The first-order valence-electron chi connectivity index (χ1n) is 14.1. The van der Waals surface area contributed by atoms with E-state index in [1.54, 1.807) is 0 Å². The summed E-state index contributed by atoms with van der Waals surface area (Å²) in [4.78, 5) is 66.5. The Labute approximate surface area is 223 Å². The van der Waals surface area contributed by atoms with E-state index >= 15 is 0 Å². The molecule has 10 nitrogen and oxygen atoms in total. The fourth-order valence-electron chi connectivity index (χ4n) is 5.50. The maximum absolute atomic E-state index is 14.0. The molecule has 0 aromatic carbocycles. The van der Waals surface area contributed by atoms with Crippen molar-refractivity contribution in [3.8, 4) is 0 Å². The van der Waals surface area contributed by atoms with Crippen LogP contribution in [0.5, 0.6) is 0 Å². The zero-order valence-electron chi connectivity index (χ0n) is 25.4. The Morgan fingerprint density at radius 1 is 1.05 bits per heavy atom. The number of fused-ring (bicyclic) bond motifs is 1. The Hall–Kier alpha value is -2.65. The third-order valence-corrected chi connectivity index (χ3v) is 7.94. The lowest BCUT2D eigenvalue weighted by atomic mass is 9.80. The van der Waals surface area contributed by atoms with Crippen molar-refractivity contribution in [1.82, 2.24) is 20.9 Å². The molecule has 0 spiro atoms. The molecule has 5 N–H and O–H groups in total. The van der Waals surface area contributed by atoms with Gasteiger partial charge in [0.25, 0.3) is 5.91 Å². The number of urea groups is 1. The molecule has 0 bridgehead atoms. The number of likely N-dealkylation sites (tertiary alicyclic amines) is 1. The maximum Gasteiger partial charge on any atom is 0.315 e. The van der Waals surface area contributed by atoms with Crippen LogP contribution in [0.15, 0.2) is 0 Å². The van der Waals surface area contributed by atoms with Crippen molar-refractivity contribution >= 4 is 29.5 Å². The number of amides is 5. The average molecular weight is 522 g/mol. The standard InChI is InChI=1S/C27H45N5O5/c1-25(2,3)20(30-24(37)31-26(4,5)6)23(36)32-13-15-17(27(15,7)8)18(32)22(35)29-16(19(33)21(28)34)12-14-10-9-11-14/h14-18,20H,9-13H2,1-8H3,(H2,28,34)(H,29,35)(H2,30,31,37)/t15-,16-,17-,18-,20+/m0/s1/i12D2. The highest BCUT2D eigenvalue weighted by Gasteiger charge is 2.70. The van der Waals surface area contributed by atoms with Gasteiger partial charge in [-0.3, -0.25) is 19.2 Å². The molecule has 1 aliphatic heterocycles. The highest BCUT2D eigenvalue weighted by Crippen LogP contribution is 2.65. The second-order valence-corrected chi connectivity index (χ2v) is 13.5. The molecule has 5 amide bonds. The van der Waals surface area contributed by atoms with Crippen molar-refractivity contribution in [1.29, 1.82) is 0 Å². The second-order valence-electron chi connectivity index (χ2n) is 13.5. The lowest BCUT2D eigenvalue weighted by Crippen LogP contribution is -2.62. The van der Waals surface area contributed by atoms with E-state index in [4.69, 9.17) is 8.48 Å². The van der Waals surface area contributed by atoms with E-state index in [1.165, 1.54) is 4.90 Å². The smallest absolute Gasteiger partial charge is 0.315 e. The van der Waals surface area contributed by atoms with Gasteiger partial charge in [-0.15, -0.1) is 0 Å². The molecule has 37 heavy (non-hydrogen) atoms. The van der Waals surface area contributed by atoms with Crippen molar-refractivity contribution in [3.63, 3.8) is 0 Å². The summed E-state index contributed by atoms with van der Waals surface area (Å²) in [7, 11) is 0. The molecule has 2 aliphatic carbocycles. The van der Waals surface area contributed by atoms with Crippen molar-refractivity contribution in [2.75, 3.05) is 6.54 Å². The van der Waals surface area contributed by atoms with Gasteiger partial charge in [-0.2, -0.15) is 0 Å². The number of primary amides is 1. The molecule has 0 radical (unpaired) electrons. The van der Waals surface area contributed by atoms with Crippen molar-refractivity contribution < 1.29 is 26.7 Å². The second kappa shape index (κ2) is 9.91. The van der Waals surface area contributed by atoms with Crippen LogP contribution in [0.2, 0.25) is 0 Å². The van der Waals surface area contributed by atoms with Gasteiger partial charge in [0.05, 0.1) is 6.04 Å². The summed E-state index contributed by atoms with van der Waals surface area (Å²) in [6, 6.07) is -4.21. The molecule has 1 heterocycles. The van der Waals surface area contributed by atoms with E-state index in [1.807, 2.05) is 55.4 Å². The third kappa shape index (κ3) is 6.26. The number of piperidine rings is 1. The molecule has 1 saturated heterocycles. The van der Waals surface area contributed by atoms with Gasteiger partial charge in [-0.25, -0.2) is 4.79 Å². The van der Waals surface area contributed by atoms with Crippen LogP contribution in [0.3, 0.4) is 0 Å². The molecule has 2 saturated carbocycles. The quantitative estimate of drug-likeness (QED) is 0.359. The predicted octanol–water partition coefficient (Wildman–Crippen LogP) is 1.71. The number of hydrogen-bond acceptors (Lipinski definition) is 5. The fraction of sp³-hybridized carbons (Fsp3) is 0.815. The topological polar surface area (TPSA) is 151 Å². The molecule has 0 unspecified atom stereocenters. The summed E-state index contributed by atoms with van der Waals surface area (Å²) in [5, 5.41) is 8.08. The Morgan fingerprint density at radius 2 is 1.65 bits per heavy atom. The van der Waals surface area contributed by atoms with Gasteiger partial charge in [-0.05, 0) is 55.7 Å². The molecule has 3 aliphatic rings. The van der Waals surface area contributed by atoms with Crippen molar-refractivity contribution in [3.05, 3.63) is 0 Å². The summed E-state index contributed by atoms with van der Waals surface area (Å²) in [6.07, 6.45) is -0.311. The molecule has 208 valence electrons. The Morgan fingerprint density at radius 3 is 2.11 bits per heavy atom. The number of hydrogen-bond donors (Lipinski definition) is 4. The number of nitrogens with two attached hydrogens (primary N) is 1. The molecular formula is C27H45N5O5. The lowest BCUT2D eigenvalue weighted by molar-refractivity contribution is -0.145. The third-order valence-electron chi connectivity index (χ3n) is 7.94. The summed E-state index contributed by atoms with van der Waals surface area (Å²) in [5.74, 6) is -4.34. The molecule has 5 atom stereocenters. The molecule has 0 aromatic heterocycles. The predicted molar refractivity (Wildman–Crippen MR) is 139 cm³/mol. The summed E-state index contributed by atoms with van der Waals surface area (Å²) in [5.41, 5.74) is 3.77. The minimum Gasteiger partial charge on any atom is -0.363 e. The Balaban J connectivity index is 1.90. The van der Waals surface area contributed by atoms with Crippen LogP contribution >= 0.6 is 0 Å². The van der Waals surface area contributed by atoms with Gasteiger partial charge in [0.2, 0.25) is 17.6 Å². The van der Waals surface area contributed by atoms with Gasteiger partial charge < -0.3 is 26.6 Å².